The molecule has 2 aromatic carbocycles. The van der Waals surface area contributed by atoms with Gasteiger partial charge in [0.1, 0.15) is 6.04 Å². The summed E-state index contributed by atoms with van der Waals surface area (Å²) >= 11 is 3.65. The van der Waals surface area contributed by atoms with Gasteiger partial charge in [0.2, 0.25) is 0 Å². The zero-order valence-corrected chi connectivity index (χ0v) is 19.1. The quantitative estimate of drug-likeness (QED) is 0.609. The number of likely N-dealkylation sites (tertiary alicyclic amines) is 1. The molecule has 0 saturated carbocycles. The van der Waals surface area contributed by atoms with Gasteiger partial charge in [-0.3, -0.25) is 9.69 Å². The van der Waals surface area contributed by atoms with E-state index in [0.717, 1.165) is 22.0 Å². The number of rotatable bonds is 8. The van der Waals surface area contributed by atoms with Crippen LogP contribution in [0.15, 0.2) is 34.8 Å². The van der Waals surface area contributed by atoms with Crippen molar-refractivity contribution in [3.8, 4) is 23.0 Å². The Labute approximate surface area is 184 Å². The predicted octanol–water partition coefficient (Wildman–Crippen LogP) is 4.12. The number of para-hydroxylation sites is 1. The van der Waals surface area contributed by atoms with E-state index >= 15 is 0 Å². The Bertz CT molecular complexity index is 919. The third kappa shape index (κ3) is 4.06. The summed E-state index contributed by atoms with van der Waals surface area (Å²) in [5, 5.41) is 9.85. The van der Waals surface area contributed by atoms with E-state index in [1.165, 1.54) is 0 Å². The van der Waals surface area contributed by atoms with Gasteiger partial charge in [0.15, 0.2) is 23.0 Å². The average Bonchev–Trinajstić information content (AvgIpc) is 3.24. The lowest BCUT2D eigenvalue weighted by atomic mass is 9.94. The number of ether oxygens (including phenoxy) is 4. The summed E-state index contributed by atoms with van der Waals surface area (Å²) in [6.07, 6.45) is 1.38. The maximum absolute atomic E-state index is 12.0. The van der Waals surface area contributed by atoms with Crippen LogP contribution in [0.3, 0.4) is 0 Å². The van der Waals surface area contributed by atoms with E-state index in [2.05, 4.69) is 15.9 Å². The summed E-state index contributed by atoms with van der Waals surface area (Å²) in [5.74, 6) is 1.47. The molecule has 1 fully saturated rings. The maximum Gasteiger partial charge on any atom is 0.320 e. The minimum atomic E-state index is -0.837. The van der Waals surface area contributed by atoms with Crippen LogP contribution in [0.1, 0.15) is 30.0 Å². The van der Waals surface area contributed by atoms with Crippen LogP contribution in [0, 0.1) is 0 Å². The van der Waals surface area contributed by atoms with Gasteiger partial charge in [-0.05, 0) is 36.6 Å². The molecule has 1 aliphatic heterocycles. The first-order valence-corrected chi connectivity index (χ1v) is 10.4. The second-order valence-corrected chi connectivity index (χ2v) is 7.80. The summed E-state index contributed by atoms with van der Waals surface area (Å²) in [4.78, 5) is 14.0. The largest absolute Gasteiger partial charge is 0.493 e. The summed E-state index contributed by atoms with van der Waals surface area (Å²) in [6, 6.07) is 8.35. The van der Waals surface area contributed by atoms with E-state index in [1.807, 2.05) is 35.2 Å². The van der Waals surface area contributed by atoms with Crippen LogP contribution >= 0.6 is 15.9 Å². The molecule has 2 aromatic rings. The molecule has 0 amide bonds. The van der Waals surface area contributed by atoms with Crippen molar-refractivity contribution in [2.24, 2.45) is 0 Å². The van der Waals surface area contributed by atoms with E-state index in [9.17, 15) is 9.90 Å². The number of benzene rings is 2. The first-order valence-electron chi connectivity index (χ1n) is 9.57. The summed E-state index contributed by atoms with van der Waals surface area (Å²) in [7, 11) is 6.32. The second kappa shape index (κ2) is 9.57. The fourth-order valence-electron chi connectivity index (χ4n) is 4.09. The first-order chi connectivity index (χ1) is 14.5. The third-order valence-electron chi connectivity index (χ3n) is 5.44. The van der Waals surface area contributed by atoms with Gasteiger partial charge in [0.05, 0.1) is 34.5 Å². The van der Waals surface area contributed by atoms with Gasteiger partial charge in [-0.25, -0.2) is 0 Å². The Morgan fingerprint density at radius 2 is 1.70 bits per heavy atom. The van der Waals surface area contributed by atoms with Crippen molar-refractivity contribution >= 4 is 21.9 Å². The molecule has 162 valence electrons. The Morgan fingerprint density at radius 1 is 1.03 bits per heavy atom. The number of aliphatic carboxylic acids is 1. The minimum Gasteiger partial charge on any atom is -0.493 e. The molecule has 1 N–H and O–H groups in total. The normalized spacial score (nSPS) is 17.4. The maximum atomic E-state index is 12.0. The number of halogens is 1. The van der Waals surface area contributed by atoms with Crippen molar-refractivity contribution in [2.75, 3.05) is 35.0 Å². The van der Waals surface area contributed by atoms with Crippen LogP contribution in [-0.4, -0.2) is 57.0 Å². The molecule has 8 heteroatoms. The van der Waals surface area contributed by atoms with Crippen LogP contribution < -0.4 is 18.9 Å². The molecule has 1 heterocycles. The van der Waals surface area contributed by atoms with Gasteiger partial charge in [0.25, 0.3) is 0 Å². The van der Waals surface area contributed by atoms with E-state index in [0.29, 0.717) is 36.0 Å². The standard InChI is InChI=1S/C22H26BrNO6/c1-27-17-9-5-7-13(21(17)30-4)20(24-10-6-8-16(24)22(25)26)14-11-18(28-2)19(29-3)12-15(14)23/h5,7,9,11-12,16,20H,6,8,10H2,1-4H3,(H,25,26). The molecular weight excluding hydrogens is 454 g/mol. The van der Waals surface area contributed by atoms with E-state index in [4.69, 9.17) is 18.9 Å². The Balaban J connectivity index is 2.26. The Kier molecular flexibility index (Phi) is 7.10. The number of carboxylic acids is 1. The van der Waals surface area contributed by atoms with Crippen molar-refractivity contribution in [1.82, 2.24) is 4.90 Å². The van der Waals surface area contributed by atoms with Gasteiger partial charge in [-0.15, -0.1) is 0 Å². The van der Waals surface area contributed by atoms with Gasteiger partial charge < -0.3 is 24.1 Å². The number of hydrogen-bond donors (Lipinski definition) is 1. The highest BCUT2D eigenvalue weighted by atomic mass is 79.9. The van der Waals surface area contributed by atoms with E-state index in [-0.39, 0.29) is 0 Å². The number of hydrogen-bond acceptors (Lipinski definition) is 6. The minimum absolute atomic E-state index is 0.396. The molecule has 30 heavy (non-hydrogen) atoms. The molecule has 2 unspecified atom stereocenters. The lowest BCUT2D eigenvalue weighted by Crippen LogP contribution is -2.39. The molecule has 0 aliphatic carbocycles. The molecule has 1 aliphatic rings. The Morgan fingerprint density at radius 3 is 2.30 bits per heavy atom. The van der Waals surface area contributed by atoms with Gasteiger partial charge >= 0.3 is 5.97 Å². The molecule has 7 nitrogen and oxygen atoms in total. The van der Waals surface area contributed by atoms with Crippen LogP contribution in [-0.2, 0) is 4.79 Å². The van der Waals surface area contributed by atoms with Crippen molar-refractivity contribution in [3.05, 3.63) is 45.9 Å². The predicted molar refractivity (Wildman–Crippen MR) is 116 cm³/mol. The molecule has 3 rings (SSSR count). The highest BCUT2D eigenvalue weighted by molar-refractivity contribution is 9.10. The van der Waals surface area contributed by atoms with Crippen LogP contribution in [0.2, 0.25) is 0 Å². The van der Waals surface area contributed by atoms with Gasteiger partial charge in [0, 0.05) is 16.6 Å². The second-order valence-electron chi connectivity index (χ2n) is 6.95. The average molecular weight is 480 g/mol. The first kappa shape index (κ1) is 22.2. The summed E-state index contributed by atoms with van der Waals surface area (Å²) in [5.41, 5.74) is 1.67. The monoisotopic (exact) mass is 479 g/mol. The number of carboxylic acid groups (broad SMARTS) is 1. The zero-order chi connectivity index (χ0) is 21.8. The summed E-state index contributed by atoms with van der Waals surface area (Å²) in [6.45, 7) is 0.642. The van der Waals surface area contributed by atoms with Crippen molar-refractivity contribution in [1.29, 1.82) is 0 Å². The van der Waals surface area contributed by atoms with Gasteiger partial charge in [-0.2, -0.15) is 0 Å². The van der Waals surface area contributed by atoms with Crippen molar-refractivity contribution < 1.29 is 28.8 Å². The fraction of sp³-hybridized carbons (Fsp3) is 0.409. The fourth-order valence-corrected chi connectivity index (χ4v) is 4.63. The van der Waals surface area contributed by atoms with E-state index in [1.54, 1.807) is 28.4 Å². The van der Waals surface area contributed by atoms with E-state index < -0.39 is 18.1 Å². The van der Waals surface area contributed by atoms with Crippen molar-refractivity contribution in [3.63, 3.8) is 0 Å². The molecule has 0 spiro atoms. The topological polar surface area (TPSA) is 77.5 Å². The Hall–Kier alpha value is -2.45. The highest BCUT2D eigenvalue weighted by Crippen LogP contribution is 2.46. The van der Waals surface area contributed by atoms with Crippen LogP contribution in [0.25, 0.3) is 0 Å². The highest BCUT2D eigenvalue weighted by Gasteiger charge is 2.39. The molecule has 0 aromatic heterocycles. The molecular formula is C22H26BrNO6. The molecule has 0 bridgehead atoms. The smallest absolute Gasteiger partial charge is 0.320 e. The molecule has 1 saturated heterocycles. The molecule has 2 atom stereocenters. The van der Waals surface area contributed by atoms with Crippen molar-refractivity contribution in [2.45, 2.75) is 24.9 Å². The summed E-state index contributed by atoms with van der Waals surface area (Å²) < 4.78 is 22.9. The molecule has 0 radical (unpaired) electrons. The number of carbonyl (C=O) groups is 1. The lowest BCUT2D eigenvalue weighted by Gasteiger charge is -2.34. The van der Waals surface area contributed by atoms with Crippen LogP contribution in [0.5, 0.6) is 23.0 Å². The van der Waals surface area contributed by atoms with Gasteiger partial charge in [-0.1, -0.05) is 28.1 Å². The SMILES string of the molecule is COc1cc(Br)c(C(c2cccc(OC)c2OC)N2CCCC2C(=O)O)cc1OC. The third-order valence-corrected chi connectivity index (χ3v) is 6.12. The zero-order valence-electron chi connectivity index (χ0n) is 17.5. The number of nitrogens with zero attached hydrogens (tertiary/aromatic N) is 1. The van der Waals surface area contributed by atoms with Crippen LogP contribution in [0.4, 0.5) is 0 Å². The lowest BCUT2D eigenvalue weighted by molar-refractivity contribution is -0.142. The number of methoxy groups -OCH3 is 4.